The topological polar surface area (TPSA) is 101 Å². The number of benzene rings is 1. The Hall–Kier alpha value is -2.62. The average Bonchev–Trinajstić information content (AvgIpc) is 2.79. The second-order valence-electron chi connectivity index (χ2n) is 3.16. The zero-order valence-electron chi connectivity index (χ0n) is 8.93. The Balaban J connectivity index is 2.39. The van der Waals surface area contributed by atoms with Crippen molar-refractivity contribution in [1.29, 1.82) is 5.26 Å². The molecule has 1 aromatic carbocycles. The van der Waals surface area contributed by atoms with Crippen LogP contribution in [0.1, 0.15) is 6.42 Å². The van der Waals surface area contributed by atoms with Gasteiger partial charge in [-0.1, -0.05) is 0 Å². The first-order valence-electron chi connectivity index (χ1n) is 4.72. The molecule has 2 rings (SSSR count). The zero-order chi connectivity index (χ0) is 12.3. The summed E-state index contributed by atoms with van der Waals surface area (Å²) >= 11 is 0. The Bertz CT molecular complexity index is 599. The van der Waals surface area contributed by atoms with E-state index in [1.807, 2.05) is 0 Å². The van der Waals surface area contributed by atoms with Crippen LogP contribution in [0.3, 0.4) is 0 Å². The molecule has 0 saturated heterocycles. The third kappa shape index (κ3) is 2.01. The predicted molar refractivity (Wildman–Crippen MR) is 57.2 cm³/mol. The van der Waals surface area contributed by atoms with Crippen LogP contribution in [-0.2, 0) is 4.79 Å². The Morgan fingerprint density at radius 2 is 2.29 bits per heavy atom. The Labute approximate surface area is 95.9 Å². The van der Waals surface area contributed by atoms with Crippen molar-refractivity contribution in [3.63, 3.8) is 0 Å². The molecule has 7 heteroatoms. The molecule has 1 heterocycles. The van der Waals surface area contributed by atoms with Crippen molar-refractivity contribution < 1.29 is 14.2 Å². The van der Waals surface area contributed by atoms with Crippen molar-refractivity contribution in [2.24, 2.45) is 0 Å². The maximum atomic E-state index is 11.3. The monoisotopic (exact) mass is 232 g/mol. The number of fused-ring (bicyclic) bond motifs is 1. The standard InChI is InChI=1S/C10H8N4O3/c1-16-7-3-2-6(12-8(15)4-5-11)9-10(7)14-17-13-9/h2-3H,4H2,1H3,(H,12,15). The second-order valence-corrected chi connectivity index (χ2v) is 3.16. The van der Waals surface area contributed by atoms with Crippen molar-refractivity contribution in [3.8, 4) is 11.8 Å². The highest BCUT2D eigenvalue weighted by atomic mass is 16.6. The summed E-state index contributed by atoms with van der Waals surface area (Å²) in [5.74, 6) is 0.0847. The normalized spacial score (nSPS) is 9.88. The van der Waals surface area contributed by atoms with Gasteiger partial charge in [0.15, 0.2) is 16.8 Å². The summed E-state index contributed by atoms with van der Waals surface area (Å²) < 4.78 is 9.66. The smallest absolute Gasteiger partial charge is 0.238 e. The lowest BCUT2D eigenvalue weighted by Crippen LogP contribution is -2.10. The SMILES string of the molecule is COc1ccc(NC(=O)CC#N)c2nonc12. The van der Waals surface area contributed by atoms with Gasteiger partial charge in [-0.15, -0.1) is 0 Å². The average molecular weight is 232 g/mol. The van der Waals surface area contributed by atoms with E-state index in [0.29, 0.717) is 22.5 Å². The first kappa shape index (κ1) is 10.9. The Morgan fingerprint density at radius 3 is 3.00 bits per heavy atom. The zero-order valence-corrected chi connectivity index (χ0v) is 8.93. The van der Waals surface area contributed by atoms with Gasteiger partial charge in [0.05, 0.1) is 18.9 Å². The highest BCUT2D eigenvalue weighted by molar-refractivity contribution is 6.01. The van der Waals surface area contributed by atoms with Crippen LogP contribution in [0.2, 0.25) is 0 Å². The minimum Gasteiger partial charge on any atom is -0.494 e. The van der Waals surface area contributed by atoms with E-state index >= 15 is 0 Å². The van der Waals surface area contributed by atoms with Crippen molar-refractivity contribution >= 4 is 22.6 Å². The molecular weight excluding hydrogens is 224 g/mol. The fourth-order valence-corrected chi connectivity index (χ4v) is 1.38. The highest BCUT2D eigenvalue weighted by Crippen LogP contribution is 2.28. The van der Waals surface area contributed by atoms with Crippen LogP contribution in [-0.4, -0.2) is 23.3 Å². The maximum absolute atomic E-state index is 11.3. The predicted octanol–water partition coefficient (Wildman–Crippen LogP) is 1.08. The summed E-state index contributed by atoms with van der Waals surface area (Å²) in [6.07, 6.45) is -0.223. The first-order chi connectivity index (χ1) is 8.26. The molecule has 17 heavy (non-hydrogen) atoms. The number of amides is 1. The minimum absolute atomic E-state index is 0.223. The van der Waals surface area contributed by atoms with Gasteiger partial charge in [-0.3, -0.25) is 4.79 Å². The summed E-state index contributed by atoms with van der Waals surface area (Å²) in [6.45, 7) is 0. The van der Waals surface area contributed by atoms with Gasteiger partial charge >= 0.3 is 0 Å². The molecule has 1 aromatic heterocycles. The third-order valence-corrected chi connectivity index (χ3v) is 2.11. The Morgan fingerprint density at radius 1 is 1.53 bits per heavy atom. The summed E-state index contributed by atoms with van der Waals surface area (Å²) in [5.41, 5.74) is 1.24. The van der Waals surface area contributed by atoms with Gasteiger partial charge in [0.25, 0.3) is 0 Å². The van der Waals surface area contributed by atoms with E-state index in [-0.39, 0.29) is 6.42 Å². The summed E-state index contributed by atoms with van der Waals surface area (Å²) in [7, 11) is 1.50. The van der Waals surface area contributed by atoms with E-state index < -0.39 is 5.91 Å². The molecule has 86 valence electrons. The number of nitrogens with one attached hydrogen (secondary N) is 1. The number of methoxy groups -OCH3 is 1. The van der Waals surface area contributed by atoms with Gasteiger partial charge in [0.2, 0.25) is 5.91 Å². The van der Waals surface area contributed by atoms with Crippen molar-refractivity contribution in [2.75, 3.05) is 12.4 Å². The molecule has 2 aromatic rings. The lowest BCUT2D eigenvalue weighted by molar-refractivity contribution is -0.115. The minimum atomic E-state index is -0.415. The van der Waals surface area contributed by atoms with E-state index in [1.54, 1.807) is 18.2 Å². The van der Waals surface area contributed by atoms with E-state index in [9.17, 15) is 4.79 Å². The molecule has 0 radical (unpaired) electrons. The van der Waals surface area contributed by atoms with Gasteiger partial charge in [-0.05, 0) is 22.4 Å². The van der Waals surface area contributed by atoms with Crippen LogP contribution in [0.25, 0.3) is 11.0 Å². The van der Waals surface area contributed by atoms with Crippen LogP contribution in [0.5, 0.6) is 5.75 Å². The van der Waals surface area contributed by atoms with Crippen LogP contribution >= 0.6 is 0 Å². The quantitative estimate of drug-likeness (QED) is 0.849. The molecule has 7 nitrogen and oxygen atoms in total. The van der Waals surface area contributed by atoms with E-state index in [0.717, 1.165) is 0 Å². The molecule has 0 atom stereocenters. The molecule has 1 N–H and O–H groups in total. The van der Waals surface area contributed by atoms with Crippen LogP contribution in [0.15, 0.2) is 16.8 Å². The van der Waals surface area contributed by atoms with Crippen LogP contribution in [0.4, 0.5) is 5.69 Å². The van der Waals surface area contributed by atoms with Gasteiger partial charge in [-0.25, -0.2) is 4.63 Å². The van der Waals surface area contributed by atoms with Crippen molar-refractivity contribution in [1.82, 2.24) is 10.3 Å². The van der Waals surface area contributed by atoms with Gasteiger partial charge in [0, 0.05) is 0 Å². The summed E-state index contributed by atoms with van der Waals surface area (Å²) in [4.78, 5) is 11.3. The number of ether oxygens (including phenoxy) is 1. The van der Waals surface area contributed by atoms with Crippen LogP contribution in [0, 0.1) is 11.3 Å². The molecule has 0 aliphatic heterocycles. The fourth-order valence-electron chi connectivity index (χ4n) is 1.38. The lowest BCUT2D eigenvalue weighted by Gasteiger charge is -2.04. The number of carbonyl (C=O) groups excluding carboxylic acids is 1. The number of hydrogen-bond donors (Lipinski definition) is 1. The van der Waals surface area contributed by atoms with E-state index in [4.69, 9.17) is 10.00 Å². The van der Waals surface area contributed by atoms with E-state index in [2.05, 4.69) is 20.3 Å². The summed E-state index contributed by atoms with van der Waals surface area (Å²) in [6, 6.07) is 5.00. The first-order valence-corrected chi connectivity index (χ1v) is 4.72. The number of anilines is 1. The number of hydrogen-bond acceptors (Lipinski definition) is 6. The molecule has 0 spiro atoms. The number of rotatable bonds is 3. The number of nitriles is 1. The molecular formula is C10H8N4O3. The summed E-state index contributed by atoms with van der Waals surface area (Å²) in [5, 5.41) is 18.3. The van der Waals surface area contributed by atoms with Crippen molar-refractivity contribution in [3.05, 3.63) is 12.1 Å². The second kappa shape index (κ2) is 4.49. The maximum Gasteiger partial charge on any atom is 0.238 e. The van der Waals surface area contributed by atoms with Crippen molar-refractivity contribution in [2.45, 2.75) is 6.42 Å². The number of nitrogens with zero attached hydrogens (tertiary/aromatic N) is 3. The molecule has 0 saturated carbocycles. The third-order valence-electron chi connectivity index (χ3n) is 2.11. The number of carbonyl (C=O) groups is 1. The van der Waals surface area contributed by atoms with Gasteiger partial charge < -0.3 is 10.1 Å². The molecule has 0 unspecified atom stereocenters. The highest BCUT2D eigenvalue weighted by Gasteiger charge is 2.13. The molecule has 0 aliphatic carbocycles. The molecule has 0 aliphatic rings. The number of aromatic nitrogens is 2. The lowest BCUT2D eigenvalue weighted by atomic mass is 10.2. The van der Waals surface area contributed by atoms with E-state index in [1.165, 1.54) is 7.11 Å². The Kier molecular flexibility index (Phi) is 2.87. The van der Waals surface area contributed by atoms with Gasteiger partial charge in [0.1, 0.15) is 6.42 Å². The fraction of sp³-hybridized carbons (Fsp3) is 0.200. The van der Waals surface area contributed by atoms with Gasteiger partial charge in [-0.2, -0.15) is 5.26 Å². The largest absolute Gasteiger partial charge is 0.494 e. The molecule has 1 amide bonds. The molecule has 0 bridgehead atoms. The molecule has 0 fully saturated rings. The van der Waals surface area contributed by atoms with Crippen LogP contribution < -0.4 is 10.1 Å².